The number of sulfone groups is 1. The van der Waals surface area contributed by atoms with Gasteiger partial charge < -0.3 is 15.0 Å². The van der Waals surface area contributed by atoms with Gasteiger partial charge in [0, 0.05) is 19.1 Å². The Bertz CT molecular complexity index is 702. The molecule has 2 aliphatic heterocycles. The molecule has 2 aliphatic rings. The molecule has 2 amide bonds. The number of hydrogen-bond donors (Lipinski definition) is 1. The van der Waals surface area contributed by atoms with Crippen LogP contribution < -0.4 is 10.1 Å². The summed E-state index contributed by atoms with van der Waals surface area (Å²) in [5, 5.41) is 2.87. The van der Waals surface area contributed by atoms with Gasteiger partial charge in [0.15, 0.2) is 9.84 Å². The number of carbonyl (C=O) groups is 1. The molecule has 0 unspecified atom stereocenters. The van der Waals surface area contributed by atoms with Crippen LogP contribution in [0.2, 0.25) is 0 Å². The normalized spacial score (nSPS) is 23.0. The third-order valence-corrected chi connectivity index (χ3v) is 6.26. The van der Waals surface area contributed by atoms with E-state index < -0.39 is 9.84 Å². The number of hydrogen-bond acceptors (Lipinski definition) is 4. The highest BCUT2D eigenvalue weighted by Gasteiger charge is 2.30. The lowest BCUT2D eigenvalue weighted by Crippen LogP contribution is -2.45. The largest absolute Gasteiger partial charge is 0.497 e. The Morgan fingerprint density at radius 3 is 2.87 bits per heavy atom. The van der Waals surface area contributed by atoms with Gasteiger partial charge >= 0.3 is 6.03 Å². The van der Waals surface area contributed by atoms with Crippen molar-refractivity contribution in [2.45, 2.75) is 31.8 Å². The van der Waals surface area contributed by atoms with Crippen LogP contribution in [-0.4, -0.2) is 50.6 Å². The molecule has 0 bridgehead atoms. The third kappa shape index (κ3) is 3.77. The van der Waals surface area contributed by atoms with Crippen LogP contribution in [0, 0.1) is 0 Å². The molecule has 1 N–H and O–H groups in total. The zero-order chi connectivity index (χ0) is 16.4. The summed E-state index contributed by atoms with van der Waals surface area (Å²) in [6, 6.07) is 5.51. The van der Waals surface area contributed by atoms with Gasteiger partial charge in [-0.05, 0) is 42.5 Å². The van der Waals surface area contributed by atoms with Crippen molar-refractivity contribution in [1.82, 2.24) is 10.2 Å². The Morgan fingerprint density at radius 1 is 1.35 bits per heavy atom. The molecule has 3 rings (SSSR count). The predicted octanol–water partition coefficient (Wildman–Crippen LogP) is 1.34. The van der Waals surface area contributed by atoms with Crippen LogP contribution in [0.1, 0.15) is 24.0 Å². The van der Waals surface area contributed by atoms with Crippen molar-refractivity contribution in [2.75, 3.05) is 25.2 Å². The first kappa shape index (κ1) is 16.1. The SMILES string of the molecule is COc1ccc2c(c1)CCCN(C(=O)N[C@@H]1CCS(=O)(=O)C1)C2. The summed E-state index contributed by atoms with van der Waals surface area (Å²) in [5.41, 5.74) is 2.33. The van der Waals surface area contributed by atoms with Gasteiger partial charge in [-0.2, -0.15) is 0 Å². The number of aryl methyl sites for hydroxylation is 1. The summed E-state index contributed by atoms with van der Waals surface area (Å²) < 4.78 is 28.3. The quantitative estimate of drug-likeness (QED) is 0.883. The lowest BCUT2D eigenvalue weighted by molar-refractivity contribution is 0.193. The van der Waals surface area contributed by atoms with Crippen molar-refractivity contribution in [3.8, 4) is 5.75 Å². The zero-order valence-electron chi connectivity index (χ0n) is 13.2. The molecule has 1 fully saturated rings. The molecule has 1 aromatic rings. The van der Waals surface area contributed by atoms with Gasteiger partial charge in [-0.25, -0.2) is 13.2 Å². The van der Waals surface area contributed by atoms with Crippen LogP contribution in [-0.2, 0) is 22.8 Å². The molecule has 2 heterocycles. The maximum Gasteiger partial charge on any atom is 0.317 e. The fourth-order valence-corrected chi connectivity index (χ4v) is 4.88. The minimum atomic E-state index is -2.98. The molecule has 6 nitrogen and oxygen atoms in total. The van der Waals surface area contributed by atoms with E-state index in [1.165, 1.54) is 5.56 Å². The van der Waals surface area contributed by atoms with Gasteiger partial charge in [0.25, 0.3) is 0 Å². The van der Waals surface area contributed by atoms with E-state index in [1.54, 1.807) is 12.0 Å². The molecule has 126 valence electrons. The van der Waals surface area contributed by atoms with Crippen LogP contribution >= 0.6 is 0 Å². The van der Waals surface area contributed by atoms with Crippen LogP contribution in [0.25, 0.3) is 0 Å². The Hall–Kier alpha value is -1.76. The highest BCUT2D eigenvalue weighted by Crippen LogP contribution is 2.23. The highest BCUT2D eigenvalue weighted by molar-refractivity contribution is 7.91. The number of fused-ring (bicyclic) bond motifs is 1. The lowest BCUT2D eigenvalue weighted by Gasteiger charge is -2.23. The van der Waals surface area contributed by atoms with Gasteiger partial charge in [0.1, 0.15) is 5.75 Å². The second-order valence-electron chi connectivity index (χ2n) is 6.21. The van der Waals surface area contributed by atoms with Crippen LogP contribution in [0.3, 0.4) is 0 Å². The summed E-state index contributed by atoms with van der Waals surface area (Å²) in [6.07, 6.45) is 2.31. The molecule has 0 saturated carbocycles. The van der Waals surface area contributed by atoms with E-state index in [0.29, 0.717) is 19.5 Å². The van der Waals surface area contributed by atoms with Gasteiger partial charge in [-0.1, -0.05) is 6.07 Å². The Balaban J connectivity index is 1.67. The first-order valence-electron chi connectivity index (χ1n) is 7.88. The third-order valence-electron chi connectivity index (χ3n) is 4.50. The first-order chi connectivity index (χ1) is 11.0. The number of ether oxygens (including phenoxy) is 1. The van der Waals surface area contributed by atoms with Crippen molar-refractivity contribution in [1.29, 1.82) is 0 Å². The molecule has 1 atom stereocenters. The molecule has 7 heteroatoms. The Morgan fingerprint density at radius 2 is 2.17 bits per heavy atom. The summed E-state index contributed by atoms with van der Waals surface area (Å²) in [4.78, 5) is 14.2. The number of nitrogens with zero attached hydrogens (tertiary/aromatic N) is 1. The van der Waals surface area contributed by atoms with E-state index in [4.69, 9.17) is 4.74 Å². The van der Waals surface area contributed by atoms with Gasteiger partial charge in [0.2, 0.25) is 0 Å². The molecule has 1 aromatic carbocycles. The minimum absolute atomic E-state index is 0.0559. The average Bonchev–Trinajstić information content (AvgIpc) is 2.73. The van der Waals surface area contributed by atoms with Crippen LogP contribution in [0.15, 0.2) is 18.2 Å². The molecule has 0 spiro atoms. The summed E-state index contributed by atoms with van der Waals surface area (Å²) in [5.74, 6) is 1.05. The Labute approximate surface area is 136 Å². The van der Waals surface area contributed by atoms with Crippen LogP contribution in [0.4, 0.5) is 4.79 Å². The van der Waals surface area contributed by atoms with Crippen molar-refractivity contribution in [2.24, 2.45) is 0 Å². The van der Waals surface area contributed by atoms with E-state index in [1.807, 2.05) is 18.2 Å². The molecule has 0 radical (unpaired) electrons. The van der Waals surface area contributed by atoms with Crippen molar-refractivity contribution in [3.63, 3.8) is 0 Å². The van der Waals surface area contributed by atoms with Gasteiger partial charge in [-0.15, -0.1) is 0 Å². The fourth-order valence-electron chi connectivity index (χ4n) is 3.21. The molecular weight excluding hydrogens is 316 g/mol. The number of methoxy groups -OCH3 is 1. The van der Waals surface area contributed by atoms with Crippen LogP contribution in [0.5, 0.6) is 5.75 Å². The average molecular weight is 338 g/mol. The molecule has 1 saturated heterocycles. The van der Waals surface area contributed by atoms with E-state index >= 15 is 0 Å². The van der Waals surface area contributed by atoms with E-state index in [9.17, 15) is 13.2 Å². The lowest BCUT2D eigenvalue weighted by atomic mass is 10.0. The summed E-state index contributed by atoms with van der Waals surface area (Å²) >= 11 is 0. The van der Waals surface area contributed by atoms with Gasteiger partial charge in [0.05, 0.1) is 18.6 Å². The summed E-state index contributed by atoms with van der Waals surface area (Å²) in [6.45, 7) is 1.22. The summed E-state index contributed by atoms with van der Waals surface area (Å²) in [7, 11) is -1.34. The monoisotopic (exact) mass is 338 g/mol. The number of carbonyl (C=O) groups excluding carboxylic acids is 1. The van der Waals surface area contributed by atoms with Crippen molar-refractivity contribution < 1.29 is 17.9 Å². The Kier molecular flexibility index (Phi) is 4.48. The van der Waals surface area contributed by atoms with Gasteiger partial charge in [-0.3, -0.25) is 0 Å². The first-order valence-corrected chi connectivity index (χ1v) is 9.70. The van der Waals surface area contributed by atoms with E-state index in [0.717, 1.165) is 24.2 Å². The maximum atomic E-state index is 12.4. The number of amides is 2. The van der Waals surface area contributed by atoms with Crippen molar-refractivity contribution in [3.05, 3.63) is 29.3 Å². The smallest absolute Gasteiger partial charge is 0.317 e. The van der Waals surface area contributed by atoms with E-state index in [-0.39, 0.29) is 23.6 Å². The fraction of sp³-hybridized carbons (Fsp3) is 0.562. The molecular formula is C16H22N2O4S. The topological polar surface area (TPSA) is 75.7 Å². The van der Waals surface area contributed by atoms with Crippen molar-refractivity contribution >= 4 is 15.9 Å². The molecule has 23 heavy (non-hydrogen) atoms. The highest BCUT2D eigenvalue weighted by atomic mass is 32.2. The number of urea groups is 1. The standard InChI is InChI=1S/C16H22N2O4S/c1-22-15-5-4-13-10-18(7-2-3-12(13)9-15)16(19)17-14-6-8-23(20,21)11-14/h4-5,9,14H,2-3,6-8,10-11H2,1H3,(H,17,19)/t14-/m1/s1. The predicted molar refractivity (Wildman–Crippen MR) is 87.3 cm³/mol. The second-order valence-corrected chi connectivity index (χ2v) is 8.44. The minimum Gasteiger partial charge on any atom is -0.497 e. The number of benzene rings is 1. The second kappa shape index (κ2) is 6.39. The zero-order valence-corrected chi connectivity index (χ0v) is 14.1. The number of nitrogens with one attached hydrogen (secondary N) is 1. The number of rotatable bonds is 2. The van der Waals surface area contributed by atoms with E-state index in [2.05, 4.69) is 5.32 Å². The molecule has 0 aromatic heterocycles. The maximum absolute atomic E-state index is 12.4. The molecule has 0 aliphatic carbocycles.